The molecule has 3 aromatic carbocycles. The van der Waals surface area contributed by atoms with Crippen molar-refractivity contribution in [3.8, 4) is 11.5 Å². The molecule has 0 atom stereocenters. The third-order valence-corrected chi connectivity index (χ3v) is 5.95. The SMILES string of the molecule is COc1cc(/C=C2\C(=O)NC(=O)N(c3ccc(Cl)cc3)C2=O)cc(Cl)c1OCc1cc(C)cc(C)c1. The molecular weight excluding hydrogens is 503 g/mol. The Morgan fingerprint density at radius 3 is 2.25 bits per heavy atom. The van der Waals surface area contributed by atoms with Gasteiger partial charge >= 0.3 is 6.03 Å². The van der Waals surface area contributed by atoms with Crippen LogP contribution < -0.4 is 19.7 Å². The van der Waals surface area contributed by atoms with E-state index < -0.39 is 17.8 Å². The Kier molecular flexibility index (Phi) is 7.33. The quantitative estimate of drug-likeness (QED) is 0.322. The fraction of sp³-hybridized carbons (Fsp3) is 0.148. The summed E-state index contributed by atoms with van der Waals surface area (Å²) in [4.78, 5) is 38.9. The highest BCUT2D eigenvalue weighted by Crippen LogP contribution is 2.38. The monoisotopic (exact) mass is 524 g/mol. The Morgan fingerprint density at radius 2 is 1.61 bits per heavy atom. The molecule has 0 unspecified atom stereocenters. The molecule has 0 aliphatic carbocycles. The summed E-state index contributed by atoms with van der Waals surface area (Å²) in [6.07, 6.45) is 1.34. The zero-order chi connectivity index (χ0) is 26.0. The van der Waals surface area contributed by atoms with Crippen molar-refractivity contribution >= 4 is 52.8 Å². The van der Waals surface area contributed by atoms with Gasteiger partial charge in [0.2, 0.25) is 0 Å². The van der Waals surface area contributed by atoms with Crippen LogP contribution in [-0.4, -0.2) is 25.0 Å². The summed E-state index contributed by atoms with van der Waals surface area (Å²) in [7, 11) is 1.46. The Morgan fingerprint density at radius 1 is 0.944 bits per heavy atom. The minimum atomic E-state index is -0.852. The number of ether oxygens (including phenoxy) is 2. The second-order valence-corrected chi connectivity index (χ2v) is 9.10. The van der Waals surface area contributed by atoms with Crippen LogP contribution in [0, 0.1) is 13.8 Å². The van der Waals surface area contributed by atoms with Crippen molar-refractivity contribution < 1.29 is 23.9 Å². The highest BCUT2D eigenvalue weighted by Gasteiger charge is 2.36. The van der Waals surface area contributed by atoms with Gasteiger partial charge in [0, 0.05) is 5.02 Å². The van der Waals surface area contributed by atoms with Crippen molar-refractivity contribution in [2.45, 2.75) is 20.5 Å². The van der Waals surface area contributed by atoms with Gasteiger partial charge in [0.25, 0.3) is 11.8 Å². The summed E-state index contributed by atoms with van der Waals surface area (Å²) in [5.74, 6) is -0.942. The Bertz CT molecular complexity index is 1380. The molecule has 1 fully saturated rings. The second-order valence-electron chi connectivity index (χ2n) is 8.25. The van der Waals surface area contributed by atoms with Crippen LogP contribution in [0.1, 0.15) is 22.3 Å². The molecule has 0 aromatic heterocycles. The predicted octanol–water partition coefficient (Wildman–Crippen LogP) is 5.86. The maximum absolute atomic E-state index is 13.1. The maximum atomic E-state index is 13.1. The van der Waals surface area contributed by atoms with E-state index in [1.165, 1.54) is 25.3 Å². The standard InChI is InChI=1S/C27H22Cl2N2O5/c1-15-8-16(2)10-18(9-15)14-36-24-22(29)12-17(13-23(24)35-3)11-21-25(32)30-27(34)31(26(21)33)20-6-4-19(28)5-7-20/h4-13H,14H2,1-3H3,(H,30,32,34)/b21-11+. The number of aryl methyl sites for hydroxylation is 2. The van der Waals surface area contributed by atoms with Crippen LogP contribution in [-0.2, 0) is 16.2 Å². The molecule has 1 heterocycles. The molecule has 0 radical (unpaired) electrons. The van der Waals surface area contributed by atoms with Crippen LogP contribution >= 0.6 is 23.2 Å². The zero-order valence-corrected chi connectivity index (χ0v) is 21.2. The number of imide groups is 2. The maximum Gasteiger partial charge on any atom is 0.335 e. The third-order valence-electron chi connectivity index (χ3n) is 5.41. The number of methoxy groups -OCH3 is 1. The van der Waals surface area contributed by atoms with Gasteiger partial charge in [-0.05, 0) is 67.4 Å². The fourth-order valence-corrected chi connectivity index (χ4v) is 4.32. The van der Waals surface area contributed by atoms with Gasteiger partial charge in [-0.25, -0.2) is 9.69 Å². The van der Waals surface area contributed by atoms with Gasteiger partial charge < -0.3 is 9.47 Å². The highest BCUT2D eigenvalue weighted by atomic mass is 35.5. The summed E-state index contributed by atoms with van der Waals surface area (Å²) in [6, 6.07) is 14.5. The number of carbonyl (C=O) groups excluding carboxylic acids is 3. The number of amides is 4. The van der Waals surface area contributed by atoms with Crippen LogP contribution in [0.3, 0.4) is 0 Å². The molecule has 1 aliphatic heterocycles. The molecule has 4 amide bonds. The van der Waals surface area contributed by atoms with Crippen LogP contribution in [0.2, 0.25) is 10.0 Å². The number of rotatable bonds is 6. The summed E-state index contributed by atoms with van der Waals surface area (Å²) >= 11 is 12.4. The molecule has 184 valence electrons. The van der Waals surface area contributed by atoms with E-state index >= 15 is 0 Å². The number of hydrogen-bond donors (Lipinski definition) is 1. The molecule has 3 aromatic rings. The summed E-state index contributed by atoms with van der Waals surface area (Å²) in [5.41, 5.74) is 3.66. The molecule has 1 N–H and O–H groups in total. The van der Waals surface area contributed by atoms with E-state index in [0.29, 0.717) is 22.1 Å². The van der Waals surface area contributed by atoms with Gasteiger partial charge in [-0.1, -0.05) is 52.5 Å². The van der Waals surface area contributed by atoms with Crippen LogP contribution in [0.25, 0.3) is 6.08 Å². The molecule has 0 spiro atoms. The van der Waals surface area contributed by atoms with E-state index in [-0.39, 0.29) is 22.9 Å². The molecule has 9 heteroatoms. The van der Waals surface area contributed by atoms with E-state index in [1.54, 1.807) is 24.3 Å². The summed E-state index contributed by atoms with van der Waals surface area (Å²) in [5, 5.41) is 2.86. The first kappa shape index (κ1) is 25.3. The lowest BCUT2D eigenvalue weighted by atomic mass is 10.1. The number of nitrogens with one attached hydrogen (secondary N) is 1. The van der Waals surface area contributed by atoms with Crippen molar-refractivity contribution in [1.29, 1.82) is 0 Å². The Hall–Kier alpha value is -3.81. The third kappa shape index (κ3) is 5.37. The van der Waals surface area contributed by atoms with Crippen LogP contribution in [0.5, 0.6) is 11.5 Å². The average Bonchev–Trinajstić information content (AvgIpc) is 2.81. The molecule has 36 heavy (non-hydrogen) atoms. The number of benzene rings is 3. The number of halogens is 2. The van der Waals surface area contributed by atoms with Crippen molar-refractivity contribution in [3.63, 3.8) is 0 Å². The molecular formula is C27H22Cl2N2O5. The normalized spacial score (nSPS) is 14.8. The van der Waals surface area contributed by atoms with Crippen LogP contribution in [0.4, 0.5) is 10.5 Å². The lowest BCUT2D eigenvalue weighted by molar-refractivity contribution is -0.122. The van der Waals surface area contributed by atoms with Crippen molar-refractivity contribution in [2.24, 2.45) is 0 Å². The second kappa shape index (κ2) is 10.4. The topological polar surface area (TPSA) is 84.9 Å². The van der Waals surface area contributed by atoms with E-state index in [2.05, 4.69) is 11.4 Å². The average molecular weight is 525 g/mol. The van der Waals surface area contributed by atoms with E-state index in [9.17, 15) is 14.4 Å². The Balaban J connectivity index is 1.63. The first-order chi connectivity index (χ1) is 17.2. The van der Waals surface area contributed by atoms with Gasteiger partial charge in [0.05, 0.1) is 17.8 Å². The predicted molar refractivity (Wildman–Crippen MR) is 139 cm³/mol. The van der Waals surface area contributed by atoms with Crippen LogP contribution in [0.15, 0.2) is 60.2 Å². The lowest BCUT2D eigenvalue weighted by Crippen LogP contribution is -2.54. The summed E-state index contributed by atoms with van der Waals surface area (Å²) < 4.78 is 11.4. The highest BCUT2D eigenvalue weighted by molar-refractivity contribution is 6.39. The van der Waals surface area contributed by atoms with Crippen molar-refractivity contribution in [2.75, 3.05) is 12.0 Å². The molecule has 1 saturated heterocycles. The first-order valence-electron chi connectivity index (χ1n) is 10.9. The summed E-state index contributed by atoms with van der Waals surface area (Å²) in [6.45, 7) is 4.30. The van der Waals surface area contributed by atoms with Gasteiger partial charge in [0.1, 0.15) is 12.2 Å². The van der Waals surface area contributed by atoms with E-state index in [0.717, 1.165) is 21.6 Å². The molecule has 7 nitrogen and oxygen atoms in total. The minimum Gasteiger partial charge on any atom is -0.493 e. The molecule has 4 rings (SSSR count). The molecule has 0 saturated carbocycles. The van der Waals surface area contributed by atoms with E-state index in [4.69, 9.17) is 32.7 Å². The number of urea groups is 1. The number of anilines is 1. The number of carbonyl (C=O) groups is 3. The number of hydrogen-bond acceptors (Lipinski definition) is 5. The fourth-order valence-electron chi connectivity index (χ4n) is 3.92. The molecule has 1 aliphatic rings. The minimum absolute atomic E-state index is 0.236. The lowest BCUT2D eigenvalue weighted by Gasteiger charge is -2.26. The van der Waals surface area contributed by atoms with E-state index in [1.807, 2.05) is 26.0 Å². The van der Waals surface area contributed by atoms with Gasteiger partial charge in [-0.15, -0.1) is 0 Å². The largest absolute Gasteiger partial charge is 0.493 e. The zero-order valence-electron chi connectivity index (χ0n) is 19.7. The number of barbiturate groups is 1. The number of nitrogens with zero attached hydrogens (tertiary/aromatic N) is 1. The molecule has 0 bridgehead atoms. The first-order valence-corrected chi connectivity index (χ1v) is 11.7. The van der Waals surface area contributed by atoms with Crippen molar-refractivity contribution in [3.05, 3.63) is 92.5 Å². The van der Waals surface area contributed by atoms with Gasteiger partial charge in [-0.2, -0.15) is 0 Å². The Labute approximate surface area is 218 Å². The smallest absolute Gasteiger partial charge is 0.335 e. The van der Waals surface area contributed by atoms with Gasteiger partial charge in [-0.3, -0.25) is 14.9 Å². The van der Waals surface area contributed by atoms with Gasteiger partial charge in [0.15, 0.2) is 11.5 Å². The van der Waals surface area contributed by atoms with Crippen molar-refractivity contribution in [1.82, 2.24) is 5.32 Å².